The topological polar surface area (TPSA) is 53.8 Å². The van der Waals surface area contributed by atoms with Crippen molar-refractivity contribution in [2.24, 2.45) is 11.8 Å². The van der Waals surface area contributed by atoms with Crippen LogP contribution in [0.4, 0.5) is 0 Å². The Morgan fingerprint density at radius 2 is 2.04 bits per heavy atom. The van der Waals surface area contributed by atoms with Gasteiger partial charge in [0.25, 0.3) is 0 Å². The molecule has 1 aliphatic heterocycles. The molecule has 1 aromatic heterocycles. The van der Waals surface area contributed by atoms with E-state index in [4.69, 9.17) is 4.42 Å². The SMILES string of the molecule is CC1CC1c1ccc(CN(C)C(=O)C2CC(=O)N(C3CCCC3)C2)o1. The van der Waals surface area contributed by atoms with E-state index in [-0.39, 0.29) is 17.7 Å². The van der Waals surface area contributed by atoms with Crippen LogP contribution in [-0.4, -0.2) is 41.2 Å². The molecule has 2 saturated carbocycles. The van der Waals surface area contributed by atoms with Crippen molar-refractivity contribution in [2.45, 2.75) is 64.0 Å². The van der Waals surface area contributed by atoms with Gasteiger partial charge in [0.2, 0.25) is 11.8 Å². The lowest BCUT2D eigenvalue weighted by Crippen LogP contribution is -2.37. The summed E-state index contributed by atoms with van der Waals surface area (Å²) in [4.78, 5) is 28.8. The zero-order valence-electron chi connectivity index (χ0n) is 15.2. The Bertz CT molecular complexity index is 662. The number of hydrogen-bond donors (Lipinski definition) is 0. The van der Waals surface area contributed by atoms with Crippen LogP contribution in [0.25, 0.3) is 0 Å². The Labute approximate surface area is 149 Å². The summed E-state index contributed by atoms with van der Waals surface area (Å²) in [5.74, 6) is 3.17. The minimum absolute atomic E-state index is 0.0617. The molecule has 136 valence electrons. The van der Waals surface area contributed by atoms with E-state index in [1.807, 2.05) is 24.1 Å². The van der Waals surface area contributed by atoms with Gasteiger partial charge in [-0.3, -0.25) is 9.59 Å². The first-order chi connectivity index (χ1) is 12.0. The van der Waals surface area contributed by atoms with Crippen molar-refractivity contribution in [2.75, 3.05) is 13.6 Å². The molecule has 5 nitrogen and oxygen atoms in total. The van der Waals surface area contributed by atoms with E-state index in [2.05, 4.69) is 6.92 Å². The van der Waals surface area contributed by atoms with E-state index < -0.39 is 0 Å². The maximum Gasteiger partial charge on any atom is 0.228 e. The third kappa shape index (κ3) is 3.33. The fourth-order valence-electron chi connectivity index (χ4n) is 4.49. The number of likely N-dealkylation sites (tertiary alicyclic amines) is 1. The molecule has 1 aromatic rings. The molecule has 3 aliphatic rings. The number of nitrogens with zero attached hydrogens (tertiary/aromatic N) is 2. The molecule has 0 radical (unpaired) electrons. The Morgan fingerprint density at radius 1 is 1.32 bits per heavy atom. The van der Waals surface area contributed by atoms with Crippen molar-refractivity contribution >= 4 is 11.8 Å². The van der Waals surface area contributed by atoms with Gasteiger partial charge in [0.05, 0.1) is 12.5 Å². The Morgan fingerprint density at radius 3 is 2.72 bits per heavy atom. The van der Waals surface area contributed by atoms with Crippen LogP contribution < -0.4 is 0 Å². The highest BCUT2D eigenvalue weighted by Gasteiger charge is 2.40. The molecule has 5 heteroatoms. The summed E-state index contributed by atoms with van der Waals surface area (Å²) in [7, 11) is 1.81. The van der Waals surface area contributed by atoms with Gasteiger partial charge in [-0.25, -0.2) is 0 Å². The Balaban J connectivity index is 1.34. The maximum absolute atomic E-state index is 12.8. The first-order valence-corrected chi connectivity index (χ1v) is 9.66. The third-order valence-electron chi connectivity index (χ3n) is 6.20. The average molecular weight is 344 g/mol. The van der Waals surface area contributed by atoms with Crippen LogP contribution in [-0.2, 0) is 16.1 Å². The van der Waals surface area contributed by atoms with Crippen LogP contribution >= 0.6 is 0 Å². The fraction of sp³-hybridized carbons (Fsp3) is 0.700. The number of furan rings is 1. The summed E-state index contributed by atoms with van der Waals surface area (Å²) < 4.78 is 5.91. The quantitative estimate of drug-likeness (QED) is 0.824. The van der Waals surface area contributed by atoms with E-state index in [1.54, 1.807) is 4.90 Å². The molecule has 2 heterocycles. The zero-order valence-corrected chi connectivity index (χ0v) is 15.2. The van der Waals surface area contributed by atoms with Crippen molar-refractivity contribution in [3.63, 3.8) is 0 Å². The molecule has 0 bridgehead atoms. The predicted octanol–water partition coefficient (Wildman–Crippen LogP) is 3.15. The van der Waals surface area contributed by atoms with E-state index in [1.165, 1.54) is 19.3 Å². The zero-order chi connectivity index (χ0) is 17.6. The van der Waals surface area contributed by atoms with Crippen molar-refractivity contribution in [3.05, 3.63) is 23.7 Å². The number of carbonyl (C=O) groups is 2. The molecule has 0 aromatic carbocycles. The molecule has 4 rings (SSSR count). The Kier molecular flexibility index (Phi) is 4.34. The number of carbonyl (C=O) groups excluding carboxylic acids is 2. The molecule has 3 atom stereocenters. The largest absolute Gasteiger partial charge is 0.464 e. The molecule has 3 unspecified atom stereocenters. The minimum atomic E-state index is -0.198. The van der Waals surface area contributed by atoms with Gasteiger partial charge in [-0.2, -0.15) is 0 Å². The predicted molar refractivity (Wildman–Crippen MR) is 93.8 cm³/mol. The molecule has 25 heavy (non-hydrogen) atoms. The molecule has 0 spiro atoms. The number of amides is 2. The minimum Gasteiger partial charge on any atom is -0.464 e. The molecule has 3 fully saturated rings. The standard InChI is InChI=1S/C20H28N2O3/c1-13-9-17(13)18-8-7-16(25-18)12-21(2)20(24)14-10-19(23)22(11-14)15-5-3-4-6-15/h7-8,13-15,17H,3-6,9-12H2,1-2H3. The normalized spacial score (nSPS) is 29.4. The molecular formula is C20H28N2O3. The summed E-state index contributed by atoms with van der Waals surface area (Å²) >= 11 is 0. The highest BCUT2D eigenvalue weighted by molar-refractivity contribution is 5.89. The lowest BCUT2D eigenvalue weighted by atomic mass is 10.1. The van der Waals surface area contributed by atoms with Crippen molar-refractivity contribution in [3.8, 4) is 0 Å². The van der Waals surface area contributed by atoms with Gasteiger partial charge < -0.3 is 14.2 Å². The summed E-state index contributed by atoms with van der Waals surface area (Å²) in [5, 5.41) is 0. The number of hydrogen-bond acceptors (Lipinski definition) is 3. The second-order valence-electron chi connectivity index (χ2n) is 8.20. The monoisotopic (exact) mass is 344 g/mol. The van der Waals surface area contributed by atoms with Crippen LogP contribution in [0.1, 0.15) is 62.9 Å². The van der Waals surface area contributed by atoms with Gasteiger partial charge in [-0.1, -0.05) is 19.8 Å². The van der Waals surface area contributed by atoms with Gasteiger partial charge in [0, 0.05) is 32.0 Å². The molecule has 1 saturated heterocycles. The van der Waals surface area contributed by atoms with Crippen molar-refractivity contribution < 1.29 is 14.0 Å². The van der Waals surface area contributed by atoms with Crippen molar-refractivity contribution in [1.29, 1.82) is 0 Å². The smallest absolute Gasteiger partial charge is 0.228 e. The first-order valence-electron chi connectivity index (χ1n) is 9.66. The lowest BCUT2D eigenvalue weighted by molar-refractivity contribution is -0.135. The maximum atomic E-state index is 12.8. The van der Waals surface area contributed by atoms with Gasteiger partial charge in [-0.15, -0.1) is 0 Å². The highest BCUT2D eigenvalue weighted by atomic mass is 16.3. The average Bonchev–Trinajstić information content (AvgIpc) is 3.04. The summed E-state index contributed by atoms with van der Waals surface area (Å²) in [6.07, 6.45) is 6.15. The van der Waals surface area contributed by atoms with E-state index in [0.29, 0.717) is 37.4 Å². The molecule has 2 aliphatic carbocycles. The van der Waals surface area contributed by atoms with E-state index in [9.17, 15) is 9.59 Å². The van der Waals surface area contributed by atoms with Crippen LogP contribution in [0.15, 0.2) is 16.5 Å². The molecular weight excluding hydrogens is 316 g/mol. The second-order valence-corrected chi connectivity index (χ2v) is 8.20. The number of rotatable bonds is 5. The summed E-state index contributed by atoms with van der Waals surface area (Å²) in [5.41, 5.74) is 0. The molecule has 2 amide bonds. The van der Waals surface area contributed by atoms with E-state index in [0.717, 1.165) is 24.4 Å². The van der Waals surface area contributed by atoms with Crippen LogP contribution in [0.2, 0.25) is 0 Å². The van der Waals surface area contributed by atoms with Crippen LogP contribution in [0, 0.1) is 11.8 Å². The second kappa shape index (κ2) is 6.50. The lowest BCUT2D eigenvalue weighted by Gasteiger charge is -2.25. The first kappa shape index (κ1) is 16.7. The van der Waals surface area contributed by atoms with Gasteiger partial charge in [0.15, 0.2) is 0 Å². The van der Waals surface area contributed by atoms with Gasteiger partial charge in [-0.05, 0) is 37.3 Å². The van der Waals surface area contributed by atoms with Gasteiger partial charge >= 0.3 is 0 Å². The fourth-order valence-corrected chi connectivity index (χ4v) is 4.49. The Hall–Kier alpha value is -1.78. The third-order valence-corrected chi connectivity index (χ3v) is 6.20. The van der Waals surface area contributed by atoms with Crippen LogP contribution in [0.5, 0.6) is 0 Å². The van der Waals surface area contributed by atoms with Gasteiger partial charge in [0.1, 0.15) is 11.5 Å². The summed E-state index contributed by atoms with van der Waals surface area (Å²) in [6.45, 7) is 3.30. The van der Waals surface area contributed by atoms with Crippen LogP contribution in [0.3, 0.4) is 0 Å². The van der Waals surface area contributed by atoms with Crippen molar-refractivity contribution in [1.82, 2.24) is 9.80 Å². The summed E-state index contributed by atoms with van der Waals surface area (Å²) in [6, 6.07) is 4.39. The van der Waals surface area contributed by atoms with E-state index >= 15 is 0 Å². The molecule has 0 N–H and O–H groups in total. The highest BCUT2D eigenvalue weighted by Crippen LogP contribution is 2.47.